The Balaban J connectivity index is 2.83. The van der Waals surface area contributed by atoms with Crippen LogP contribution < -0.4 is 0 Å². The fraction of sp³-hybridized carbons (Fsp3) is 0.385. The number of phenols is 2. The van der Waals surface area contributed by atoms with Gasteiger partial charge in [0, 0.05) is 17.7 Å². The number of aromatic hydroxyl groups is 2. The van der Waals surface area contributed by atoms with Crippen molar-refractivity contribution in [2.75, 3.05) is 0 Å². The number of carboxylic acid groups (broad SMARTS) is 1. The summed E-state index contributed by atoms with van der Waals surface area (Å²) in [4.78, 5) is 15.3. The lowest BCUT2D eigenvalue weighted by Gasteiger charge is -2.27. The second kappa shape index (κ2) is 4.01. The summed E-state index contributed by atoms with van der Waals surface area (Å²) in [6, 6.07) is 0.0330. The Bertz CT molecular complexity index is 563. The van der Waals surface area contributed by atoms with Crippen molar-refractivity contribution in [3.05, 3.63) is 22.3 Å². The van der Waals surface area contributed by atoms with Crippen molar-refractivity contribution >= 4 is 12.2 Å². The number of benzene rings is 1. The number of hydrogen-bond acceptors (Lipinski definition) is 4. The summed E-state index contributed by atoms with van der Waals surface area (Å²) in [5, 5.41) is 28.9. The maximum atomic E-state index is 11.1. The largest absolute Gasteiger partial charge is 0.507 e. The Morgan fingerprint density at radius 1 is 1.28 bits per heavy atom. The standard InChI is InChI=1S/C13H15NO4/c1-5-7(3)14-4-8-9(5)6(2)11(15)10(12(8)16)13(17)18/h4-5,7,15-16H,1-3H3,(H,17,18)/t5-,7-/m0/s1. The molecule has 0 saturated carbocycles. The van der Waals surface area contributed by atoms with Gasteiger partial charge >= 0.3 is 5.97 Å². The zero-order valence-corrected chi connectivity index (χ0v) is 10.4. The van der Waals surface area contributed by atoms with Crippen LogP contribution in [0.2, 0.25) is 0 Å². The number of aliphatic imine (C=N–C) groups is 1. The minimum absolute atomic E-state index is 0.0182. The molecule has 1 aliphatic heterocycles. The first-order valence-corrected chi connectivity index (χ1v) is 5.71. The van der Waals surface area contributed by atoms with E-state index in [0.717, 1.165) is 5.56 Å². The second-order valence-corrected chi connectivity index (χ2v) is 4.64. The van der Waals surface area contributed by atoms with E-state index in [-0.39, 0.29) is 17.7 Å². The smallest absolute Gasteiger partial charge is 0.343 e. The van der Waals surface area contributed by atoms with Crippen LogP contribution in [0, 0.1) is 6.92 Å². The predicted molar refractivity (Wildman–Crippen MR) is 66.9 cm³/mol. The van der Waals surface area contributed by atoms with E-state index in [1.54, 1.807) is 6.92 Å². The van der Waals surface area contributed by atoms with Gasteiger partial charge in [-0.2, -0.15) is 0 Å². The first-order chi connectivity index (χ1) is 8.36. The molecule has 0 aliphatic carbocycles. The summed E-state index contributed by atoms with van der Waals surface area (Å²) in [5.41, 5.74) is 1.19. The third-order valence-corrected chi connectivity index (χ3v) is 3.61. The highest BCUT2D eigenvalue weighted by molar-refractivity contribution is 6.00. The highest BCUT2D eigenvalue weighted by atomic mass is 16.4. The summed E-state index contributed by atoms with van der Waals surface area (Å²) in [7, 11) is 0. The van der Waals surface area contributed by atoms with Gasteiger partial charge in [-0.05, 0) is 25.0 Å². The van der Waals surface area contributed by atoms with E-state index in [0.29, 0.717) is 11.1 Å². The quantitative estimate of drug-likeness (QED) is 0.710. The maximum absolute atomic E-state index is 11.1. The topological polar surface area (TPSA) is 90.1 Å². The van der Waals surface area contributed by atoms with E-state index >= 15 is 0 Å². The van der Waals surface area contributed by atoms with Crippen molar-refractivity contribution in [2.45, 2.75) is 32.7 Å². The van der Waals surface area contributed by atoms with E-state index < -0.39 is 17.3 Å². The Morgan fingerprint density at radius 3 is 2.44 bits per heavy atom. The molecule has 18 heavy (non-hydrogen) atoms. The molecule has 0 radical (unpaired) electrons. The maximum Gasteiger partial charge on any atom is 0.343 e. The molecule has 2 rings (SSSR count). The third kappa shape index (κ3) is 1.54. The molecule has 0 amide bonds. The molecule has 1 heterocycles. The number of hydrogen-bond donors (Lipinski definition) is 3. The lowest BCUT2D eigenvalue weighted by atomic mass is 9.83. The van der Waals surface area contributed by atoms with Gasteiger partial charge in [0.2, 0.25) is 0 Å². The lowest BCUT2D eigenvalue weighted by molar-refractivity contribution is 0.0690. The fourth-order valence-corrected chi connectivity index (χ4v) is 2.37. The number of carboxylic acids is 1. The van der Waals surface area contributed by atoms with Crippen LogP contribution in [-0.2, 0) is 0 Å². The number of rotatable bonds is 1. The number of nitrogens with zero attached hydrogens (tertiary/aromatic N) is 1. The van der Waals surface area contributed by atoms with E-state index in [4.69, 9.17) is 5.11 Å². The van der Waals surface area contributed by atoms with Crippen LogP contribution in [0.5, 0.6) is 11.5 Å². The molecule has 1 aromatic carbocycles. The van der Waals surface area contributed by atoms with E-state index in [1.165, 1.54) is 6.21 Å². The average molecular weight is 249 g/mol. The molecular formula is C13H15NO4. The molecule has 1 aromatic rings. The van der Waals surface area contributed by atoms with Crippen molar-refractivity contribution in [1.82, 2.24) is 0 Å². The molecule has 3 N–H and O–H groups in total. The summed E-state index contributed by atoms with van der Waals surface area (Å²) < 4.78 is 0. The molecule has 5 nitrogen and oxygen atoms in total. The molecule has 0 fully saturated rings. The van der Waals surface area contributed by atoms with Gasteiger partial charge in [-0.3, -0.25) is 4.99 Å². The SMILES string of the molecule is Cc1c(O)c(C(=O)O)c(O)c2c1[C@@H](C)[C@H](C)N=C2. The van der Waals surface area contributed by atoms with Gasteiger partial charge < -0.3 is 15.3 Å². The van der Waals surface area contributed by atoms with E-state index in [9.17, 15) is 15.0 Å². The van der Waals surface area contributed by atoms with Gasteiger partial charge in [0.15, 0.2) is 0 Å². The Hall–Kier alpha value is -2.04. The molecule has 0 bridgehead atoms. The predicted octanol–water partition coefficient (Wildman–Crippen LogP) is 2.03. The molecule has 0 saturated heterocycles. The van der Waals surface area contributed by atoms with Crippen molar-refractivity contribution in [3.63, 3.8) is 0 Å². The molecule has 0 spiro atoms. The van der Waals surface area contributed by atoms with Crippen LogP contribution in [0.4, 0.5) is 0 Å². The molecule has 96 valence electrons. The van der Waals surface area contributed by atoms with Crippen LogP contribution in [0.1, 0.15) is 46.8 Å². The van der Waals surface area contributed by atoms with Gasteiger partial charge in [-0.15, -0.1) is 0 Å². The number of carbonyl (C=O) groups is 1. The highest BCUT2D eigenvalue weighted by Crippen LogP contribution is 2.42. The number of aromatic carboxylic acids is 1. The zero-order valence-electron chi connectivity index (χ0n) is 10.4. The second-order valence-electron chi connectivity index (χ2n) is 4.64. The van der Waals surface area contributed by atoms with Gasteiger partial charge in [0.1, 0.15) is 17.1 Å². The van der Waals surface area contributed by atoms with Gasteiger partial charge in [-0.1, -0.05) is 6.92 Å². The summed E-state index contributed by atoms with van der Waals surface area (Å²) >= 11 is 0. The first kappa shape index (κ1) is 12.4. The first-order valence-electron chi connectivity index (χ1n) is 5.71. The van der Waals surface area contributed by atoms with Gasteiger partial charge in [0.05, 0.1) is 6.04 Å². The van der Waals surface area contributed by atoms with Crippen molar-refractivity contribution < 1.29 is 20.1 Å². The minimum Gasteiger partial charge on any atom is -0.507 e. The Kier molecular flexibility index (Phi) is 2.77. The van der Waals surface area contributed by atoms with Crippen molar-refractivity contribution in [3.8, 4) is 11.5 Å². The summed E-state index contributed by atoms with van der Waals surface area (Å²) in [6.45, 7) is 5.53. The minimum atomic E-state index is -1.35. The van der Waals surface area contributed by atoms with Crippen LogP contribution in [-0.4, -0.2) is 33.5 Å². The fourth-order valence-electron chi connectivity index (χ4n) is 2.37. The Morgan fingerprint density at radius 2 is 1.89 bits per heavy atom. The van der Waals surface area contributed by atoms with Crippen LogP contribution in [0.3, 0.4) is 0 Å². The molecular weight excluding hydrogens is 234 g/mol. The average Bonchev–Trinajstić information content (AvgIpc) is 2.29. The van der Waals surface area contributed by atoms with Gasteiger partial charge in [-0.25, -0.2) is 4.79 Å². The van der Waals surface area contributed by atoms with Gasteiger partial charge in [0.25, 0.3) is 0 Å². The summed E-state index contributed by atoms with van der Waals surface area (Å²) in [6.07, 6.45) is 1.48. The van der Waals surface area contributed by atoms with E-state index in [1.807, 2.05) is 13.8 Å². The molecule has 0 aromatic heterocycles. The highest BCUT2D eigenvalue weighted by Gasteiger charge is 2.30. The van der Waals surface area contributed by atoms with Crippen LogP contribution in [0.25, 0.3) is 0 Å². The monoisotopic (exact) mass is 249 g/mol. The van der Waals surface area contributed by atoms with Crippen LogP contribution in [0.15, 0.2) is 4.99 Å². The molecule has 2 atom stereocenters. The Labute approximate surface area is 104 Å². The molecule has 5 heteroatoms. The zero-order chi connectivity index (χ0) is 13.6. The van der Waals surface area contributed by atoms with Crippen molar-refractivity contribution in [1.29, 1.82) is 0 Å². The van der Waals surface area contributed by atoms with E-state index in [2.05, 4.69) is 4.99 Å². The number of fused-ring (bicyclic) bond motifs is 1. The van der Waals surface area contributed by atoms with Crippen molar-refractivity contribution in [2.24, 2.45) is 4.99 Å². The normalized spacial score (nSPS) is 21.7. The third-order valence-electron chi connectivity index (χ3n) is 3.61. The molecule has 1 aliphatic rings. The molecule has 0 unspecified atom stereocenters. The van der Waals surface area contributed by atoms with Crippen LogP contribution >= 0.6 is 0 Å². The lowest BCUT2D eigenvalue weighted by Crippen LogP contribution is -2.19. The summed E-state index contributed by atoms with van der Waals surface area (Å²) in [5.74, 6) is -2.11.